The third kappa shape index (κ3) is 1.74. The molecule has 0 aliphatic rings. The fraction of sp³-hybridized carbons (Fsp3) is 0.214. The van der Waals surface area contributed by atoms with Gasteiger partial charge in [-0.1, -0.05) is 18.2 Å². The summed E-state index contributed by atoms with van der Waals surface area (Å²) in [6.45, 7) is 0. The van der Waals surface area contributed by atoms with E-state index in [1.54, 1.807) is 11.3 Å². The molecule has 1 atom stereocenters. The molecule has 3 rings (SSSR count). The molecule has 1 unspecified atom stereocenters. The Balaban J connectivity index is 2.17. The van der Waals surface area contributed by atoms with E-state index in [0.717, 1.165) is 0 Å². The van der Waals surface area contributed by atoms with Gasteiger partial charge in [0.1, 0.15) is 0 Å². The Bertz CT molecular complexity index is 668. The Kier molecular flexibility index (Phi) is 2.89. The molecule has 1 N–H and O–H groups in total. The molecular formula is C14H15N3S. The minimum Gasteiger partial charge on any atom is -0.308 e. The van der Waals surface area contributed by atoms with E-state index in [4.69, 9.17) is 0 Å². The van der Waals surface area contributed by atoms with Gasteiger partial charge in [-0.2, -0.15) is 5.10 Å². The largest absolute Gasteiger partial charge is 0.308 e. The number of rotatable bonds is 3. The summed E-state index contributed by atoms with van der Waals surface area (Å²) in [5.74, 6) is 0. The van der Waals surface area contributed by atoms with Gasteiger partial charge in [-0.25, -0.2) is 0 Å². The first-order valence-electron chi connectivity index (χ1n) is 5.92. The van der Waals surface area contributed by atoms with E-state index in [1.807, 2.05) is 25.0 Å². The third-order valence-electron chi connectivity index (χ3n) is 3.26. The van der Waals surface area contributed by atoms with Gasteiger partial charge in [-0.05, 0) is 35.5 Å². The summed E-state index contributed by atoms with van der Waals surface area (Å²) < 4.78 is 3.27. The summed E-state index contributed by atoms with van der Waals surface area (Å²) >= 11 is 1.79. The van der Waals surface area contributed by atoms with E-state index in [9.17, 15) is 0 Å². The van der Waals surface area contributed by atoms with Crippen molar-refractivity contribution in [1.82, 2.24) is 15.1 Å². The van der Waals surface area contributed by atoms with Crippen LogP contribution >= 0.6 is 11.3 Å². The Labute approximate surface area is 110 Å². The zero-order chi connectivity index (χ0) is 12.5. The van der Waals surface area contributed by atoms with E-state index in [-0.39, 0.29) is 6.04 Å². The summed E-state index contributed by atoms with van der Waals surface area (Å²) in [6.07, 6.45) is 1.84. The van der Waals surface area contributed by atoms with Crippen molar-refractivity contribution in [1.29, 1.82) is 0 Å². The molecule has 1 aromatic carbocycles. The molecule has 18 heavy (non-hydrogen) atoms. The number of aromatic nitrogens is 2. The van der Waals surface area contributed by atoms with Crippen molar-refractivity contribution in [2.24, 2.45) is 7.05 Å². The van der Waals surface area contributed by atoms with Crippen LogP contribution in [0, 0.1) is 0 Å². The highest BCUT2D eigenvalue weighted by Crippen LogP contribution is 2.31. The van der Waals surface area contributed by atoms with E-state index in [2.05, 4.69) is 46.1 Å². The lowest BCUT2D eigenvalue weighted by atomic mass is 10.0. The fourth-order valence-electron chi connectivity index (χ4n) is 2.37. The van der Waals surface area contributed by atoms with Gasteiger partial charge in [-0.15, -0.1) is 11.3 Å². The van der Waals surface area contributed by atoms with Crippen LogP contribution in [-0.4, -0.2) is 16.8 Å². The molecule has 0 amide bonds. The van der Waals surface area contributed by atoms with Crippen LogP contribution in [0.25, 0.3) is 10.1 Å². The number of nitrogens with one attached hydrogen (secondary N) is 1. The molecular weight excluding hydrogens is 242 g/mol. The van der Waals surface area contributed by atoms with Gasteiger partial charge >= 0.3 is 0 Å². The van der Waals surface area contributed by atoms with Gasteiger partial charge in [0, 0.05) is 17.9 Å². The summed E-state index contributed by atoms with van der Waals surface area (Å²) in [7, 11) is 3.97. The zero-order valence-electron chi connectivity index (χ0n) is 10.4. The van der Waals surface area contributed by atoms with E-state index in [1.165, 1.54) is 21.3 Å². The SMILES string of the molecule is CNC(c1cccc2ccsc12)c1ccnn1C. The van der Waals surface area contributed by atoms with Crippen molar-refractivity contribution in [3.05, 3.63) is 53.2 Å². The average Bonchev–Trinajstić information content (AvgIpc) is 3.00. The molecule has 2 aromatic heterocycles. The highest BCUT2D eigenvalue weighted by Gasteiger charge is 2.17. The van der Waals surface area contributed by atoms with Crippen molar-refractivity contribution in [2.45, 2.75) is 6.04 Å². The maximum absolute atomic E-state index is 4.26. The van der Waals surface area contributed by atoms with Crippen LogP contribution < -0.4 is 5.32 Å². The van der Waals surface area contributed by atoms with E-state index in [0.29, 0.717) is 0 Å². The minimum absolute atomic E-state index is 0.180. The number of benzene rings is 1. The summed E-state index contributed by atoms with van der Waals surface area (Å²) in [5.41, 5.74) is 2.49. The zero-order valence-corrected chi connectivity index (χ0v) is 11.2. The Morgan fingerprint density at radius 2 is 2.17 bits per heavy atom. The van der Waals surface area contributed by atoms with Crippen LogP contribution in [0.5, 0.6) is 0 Å². The third-order valence-corrected chi connectivity index (χ3v) is 4.24. The predicted octanol–water partition coefficient (Wildman–Crippen LogP) is 2.94. The number of fused-ring (bicyclic) bond motifs is 1. The molecule has 0 saturated carbocycles. The second-order valence-electron chi connectivity index (χ2n) is 4.29. The molecule has 0 bridgehead atoms. The van der Waals surface area contributed by atoms with Crippen molar-refractivity contribution in [3.8, 4) is 0 Å². The quantitative estimate of drug-likeness (QED) is 0.782. The maximum atomic E-state index is 4.26. The number of nitrogens with zero attached hydrogens (tertiary/aromatic N) is 2. The predicted molar refractivity (Wildman–Crippen MR) is 75.9 cm³/mol. The van der Waals surface area contributed by atoms with Crippen LogP contribution in [0.3, 0.4) is 0 Å². The van der Waals surface area contributed by atoms with Crippen LogP contribution in [0.4, 0.5) is 0 Å². The molecule has 0 fully saturated rings. The van der Waals surface area contributed by atoms with Crippen LogP contribution in [0.2, 0.25) is 0 Å². The molecule has 2 heterocycles. The Morgan fingerprint density at radius 3 is 2.89 bits per heavy atom. The number of hydrogen-bond acceptors (Lipinski definition) is 3. The van der Waals surface area contributed by atoms with Crippen molar-refractivity contribution < 1.29 is 0 Å². The van der Waals surface area contributed by atoms with Gasteiger partial charge in [-0.3, -0.25) is 4.68 Å². The first kappa shape index (κ1) is 11.4. The molecule has 0 spiro atoms. The van der Waals surface area contributed by atoms with Crippen LogP contribution in [0.1, 0.15) is 17.3 Å². The van der Waals surface area contributed by atoms with E-state index >= 15 is 0 Å². The molecule has 0 saturated heterocycles. The van der Waals surface area contributed by atoms with Crippen molar-refractivity contribution in [3.63, 3.8) is 0 Å². The Morgan fingerprint density at radius 1 is 1.28 bits per heavy atom. The van der Waals surface area contributed by atoms with Gasteiger partial charge in [0.05, 0.1) is 11.7 Å². The topological polar surface area (TPSA) is 29.9 Å². The Hall–Kier alpha value is -1.65. The van der Waals surface area contributed by atoms with Gasteiger partial charge in [0.2, 0.25) is 0 Å². The lowest BCUT2D eigenvalue weighted by Gasteiger charge is -2.17. The highest BCUT2D eigenvalue weighted by molar-refractivity contribution is 7.17. The molecule has 0 aliphatic heterocycles. The molecule has 3 nitrogen and oxygen atoms in total. The molecule has 0 aliphatic carbocycles. The molecule has 4 heteroatoms. The second-order valence-corrected chi connectivity index (χ2v) is 5.20. The average molecular weight is 257 g/mol. The smallest absolute Gasteiger partial charge is 0.0759 e. The normalized spacial score (nSPS) is 13.0. The lowest BCUT2D eigenvalue weighted by molar-refractivity contribution is 0.609. The van der Waals surface area contributed by atoms with Gasteiger partial charge < -0.3 is 5.32 Å². The van der Waals surface area contributed by atoms with Crippen LogP contribution in [0.15, 0.2) is 41.9 Å². The van der Waals surface area contributed by atoms with Crippen molar-refractivity contribution >= 4 is 21.4 Å². The molecule has 0 radical (unpaired) electrons. The first-order chi connectivity index (χ1) is 8.81. The lowest BCUT2D eigenvalue weighted by Crippen LogP contribution is -2.20. The van der Waals surface area contributed by atoms with Gasteiger partial charge in [0.25, 0.3) is 0 Å². The summed E-state index contributed by atoms with van der Waals surface area (Å²) in [4.78, 5) is 0. The number of hydrogen-bond donors (Lipinski definition) is 1. The van der Waals surface area contributed by atoms with Crippen molar-refractivity contribution in [2.75, 3.05) is 7.05 Å². The standard InChI is InChI=1S/C14H15N3S/c1-15-13(12-6-8-16-17(12)2)11-5-3-4-10-7-9-18-14(10)11/h3-9,13,15H,1-2H3. The monoisotopic (exact) mass is 257 g/mol. The minimum atomic E-state index is 0.180. The molecule has 3 aromatic rings. The summed E-state index contributed by atoms with van der Waals surface area (Å²) in [6, 6.07) is 10.9. The molecule has 92 valence electrons. The van der Waals surface area contributed by atoms with E-state index < -0.39 is 0 Å². The maximum Gasteiger partial charge on any atom is 0.0759 e. The fourth-order valence-corrected chi connectivity index (χ4v) is 3.32. The second kappa shape index (κ2) is 4.55. The van der Waals surface area contributed by atoms with Gasteiger partial charge in [0.15, 0.2) is 0 Å². The summed E-state index contributed by atoms with van der Waals surface area (Å²) in [5, 5.41) is 11.1. The number of thiophene rings is 1. The first-order valence-corrected chi connectivity index (χ1v) is 6.80. The number of aryl methyl sites for hydroxylation is 1. The highest BCUT2D eigenvalue weighted by atomic mass is 32.1. The van der Waals surface area contributed by atoms with Crippen LogP contribution in [-0.2, 0) is 7.05 Å².